The Kier molecular flexibility index (Phi) is 5.49. The molecule has 3 aliphatic rings. The van der Waals surface area contributed by atoms with Crippen LogP contribution in [0.5, 0.6) is 0 Å². The highest BCUT2D eigenvalue weighted by Gasteiger charge is 2.50. The molecule has 11 heteroatoms. The Hall–Kier alpha value is -2.01. The van der Waals surface area contributed by atoms with Crippen molar-refractivity contribution in [1.82, 2.24) is 20.4 Å². The monoisotopic (exact) mass is 464 g/mol. The molecule has 0 radical (unpaired) electrons. The lowest BCUT2D eigenvalue weighted by Gasteiger charge is -2.35. The number of halogens is 2. The maximum atomic E-state index is 13.3. The molecule has 1 unspecified atom stereocenters. The minimum absolute atomic E-state index is 0.0755. The van der Waals surface area contributed by atoms with E-state index in [1.165, 1.54) is 6.20 Å². The average Bonchev–Trinajstić information content (AvgIpc) is 3.41. The second-order valence-corrected chi connectivity index (χ2v) is 8.82. The van der Waals surface area contributed by atoms with Gasteiger partial charge in [0.15, 0.2) is 0 Å². The molecular weight excluding hydrogens is 443 g/mol. The number of nitrogens with two attached hydrogens (primary N) is 1. The van der Waals surface area contributed by atoms with Crippen molar-refractivity contribution in [2.45, 2.75) is 30.6 Å². The van der Waals surface area contributed by atoms with Crippen molar-refractivity contribution in [3.8, 4) is 0 Å². The number of para-hydroxylation sites is 1. The molecule has 3 heterocycles. The van der Waals surface area contributed by atoms with Crippen molar-refractivity contribution < 1.29 is 14.3 Å². The first-order valence-corrected chi connectivity index (χ1v) is 10.8. The summed E-state index contributed by atoms with van der Waals surface area (Å²) in [5.41, 5.74) is 9.51. The van der Waals surface area contributed by atoms with Gasteiger partial charge in [-0.25, -0.2) is 15.0 Å². The number of anilines is 2. The third kappa shape index (κ3) is 4.09. The first kappa shape index (κ1) is 20.9. The van der Waals surface area contributed by atoms with Crippen LogP contribution in [0, 0.1) is 0 Å². The lowest BCUT2D eigenvalue weighted by atomic mass is 9.95. The Labute approximate surface area is 189 Å². The summed E-state index contributed by atoms with van der Waals surface area (Å²) in [6.07, 6.45) is 3.51. The van der Waals surface area contributed by atoms with E-state index >= 15 is 0 Å². The van der Waals surface area contributed by atoms with Crippen LogP contribution in [-0.2, 0) is 15.1 Å². The molecule has 1 atom stereocenters. The van der Waals surface area contributed by atoms with Crippen LogP contribution >= 0.6 is 23.2 Å². The number of carbonyl (C=O) groups excluding carboxylic acids is 1. The van der Waals surface area contributed by atoms with Crippen LogP contribution in [0.1, 0.15) is 28.9 Å². The minimum Gasteiger partial charge on any atom is -0.378 e. The van der Waals surface area contributed by atoms with E-state index in [0.29, 0.717) is 47.7 Å². The Bertz CT molecular complexity index is 996. The molecule has 5 rings (SSSR count). The first-order valence-electron chi connectivity index (χ1n) is 10.1. The van der Waals surface area contributed by atoms with Gasteiger partial charge in [-0.05, 0) is 25.0 Å². The molecule has 2 saturated heterocycles. The standard InChI is InChI=1S/C20H22Cl2N6O3/c21-14-2-1-3-15(22)16(14)26-18(29)13-6-24-19(23)27-17(13)20(31-12-4-5-12)9-25-28(10-20)11-7-30-8-11/h1-3,6,11-12,25H,4-5,7-10H2,(H,26,29)(H2,23,24,27). The van der Waals surface area contributed by atoms with Crippen LogP contribution in [-0.4, -0.2) is 59.3 Å². The van der Waals surface area contributed by atoms with Crippen molar-refractivity contribution in [2.75, 3.05) is 37.4 Å². The molecule has 1 amide bonds. The molecule has 31 heavy (non-hydrogen) atoms. The van der Waals surface area contributed by atoms with Gasteiger partial charge in [0.1, 0.15) is 5.60 Å². The molecular formula is C20H22Cl2N6O3. The Balaban J connectivity index is 1.50. The van der Waals surface area contributed by atoms with Gasteiger partial charge in [0.05, 0.1) is 52.3 Å². The molecule has 9 nitrogen and oxygen atoms in total. The number of nitrogen functional groups attached to an aromatic ring is 1. The number of hydrazine groups is 1. The highest BCUT2D eigenvalue weighted by molar-refractivity contribution is 6.40. The smallest absolute Gasteiger partial charge is 0.259 e. The number of rotatable bonds is 6. The van der Waals surface area contributed by atoms with Crippen LogP contribution in [0.2, 0.25) is 10.0 Å². The summed E-state index contributed by atoms with van der Waals surface area (Å²) >= 11 is 12.5. The van der Waals surface area contributed by atoms with Crippen LogP contribution in [0.15, 0.2) is 24.4 Å². The number of nitrogens with one attached hydrogen (secondary N) is 2. The van der Waals surface area contributed by atoms with Crippen LogP contribution < -0.4 is 16.5 Å². The predicted molar refractivity (Wildman–Crippen MR) is 116 cm³/mol. The van der Waals surface area contributed by atoms with Gasteiger partial charge in [0.25, 0.3) is 5.91 Å². The second-order valence-electron chi connectivity index (χ2n) is 8.01. The topological polar surface area (TPSA) is 115 Å². The number of benzene rings is 1. The van der Waals surface area contributed by atoms with E-state index in [2.05, 4.69) is 25.7 Å². The number of amides is 1. The van der Waals surface area contributed by atoms with Crippen LogP contribution in [0.3, 0.4) is 0 Å². The Morgan fingerprint density at radius 1 is 1.32 bits per heavy atom. The van der Waals surface area contributed by atoms with Gasteiger partial charge < -0.3 is 20.5 Å². The fourth-order valence-electron chi connectivity index (χ4n) is 3.78. The van der Waals surface area contributed by atoms with Crippen molar-refractivity contribution in [3.63, 3.8) is 0 Å². The van der Waals surface area contributed by atoms with E-state index in [9.17, 15) is 4.79 Å². The zero-order valence-corrected chi connectivity index (χ0v) is 18.1. The molecule has 1 aromatic carbocycles. The van der Waals surface area contributed by atoms with Crippen molar-refractivity contribution in [1.29, 1.82) is 0 Å². The molecule has 3 fully saturated rings. The predicted octanol–water partition coefficient (Wildman–Crippen LogP) is 2.21. The van der Waals surface area contributed by atoms with E-state index in [-0.39, 0.29) is 23.7 Å². The number of carbonyl (C=O) groups is 1. The lowest BCUT2D eigenvalue weighted by Crippen LogP contribution is -2.52. The normalized spacial score (nSPS) is 24.2. The highest BCUT2D eigenvalue weighted by Crippen LogP contribution is 2.39. The molecule has 2 aromatic rings. The second kappa shape index (κ2) is 8.16. The van der Waals surface area contributed by atoms with E-state index in [1.54, 1.807) is 18.2 Å². The summed E-state index contributed by atoms with van der Waals surface area (Å²) < 4.78 is 11.8. The zero-order valence-electron chi connectivity index (χ0n) is 16.6. The van der Waals surface area contributed by atoms with Gasteiger partial charge >= 0.3 is 0 Å². The summed E-state index contributed by atoms with van der Waals surface area (Å²) in [4.78, 5) is 21.8. The van der Waals surface area contributed by atoms with E-state index < -0.39 is 11.5 Å². The van der Waals surface area contributed by atoms with Gasteiger partial charge in [0.2, 0.25) is 5.95 Å². The molecule has 2 aliphatic heterocycles. The number of aromatic nitrogens is 2. The summed E-state index contributed by atoms with van der Waals surface area (Å²) in [5, 5.41) is 5.55. The number of ether oxygens (including phenoxy) is 2. The maximum absolute atomic E-state index is 13.3. The maximum Gasteiger partial charge on any atom is 0.259 e. The fourth-order valence-corrected chi connectivity index (χ4v) is 4.27. The fraction of sp³-hybridized carbons (Fsp3) is 0.450. The average molecular weight is 465 g/mol. The first-order chi connectivity index (χ1) is 14.9. The van der Waals surface area contributed by atoms with Gasteiger partial charge in [-0.2, -0.15) is 0 Å². The molecule has 164 valence electrons. The van der Waals surface area contributed by atoms with Crippen molar-refractivity contribution in [2.24, 2.45) is 0 Å². The van der Waals surface area contributed by atoms with E-state index in [0.717, 1.165) is 12.8 Å². The number of nitrogens with zero attached hydrogens (tertiary/aromatic N) is 3. The van der Waals surface area contributed by atoms with Gasteiger partial charge in [0, 0.05) is 19.3 Å². The number of hydrogen-bond acceptors (Lipinski definition) is 8. The summed E-state index contributed by atoms with van der Waals surface area (Å²) in [5.74, 6) is -0.360. The largest absolute Gasteiger partial charge is 0.378 e. The van der Waals surface area contributed by atoms with Gasteiger partial charge in [-0.15, -0.1) is 0 Å². The highest BCUT2D eigenvalue weighted by atomic mass is 35.5. The Morgan fingerprint density at radius 2 is 2.06 bits per heavy atom. The molecule has 0 spiro atoms. The third-order valence-corrected chi connectivity index (χ3v) is 6.29. The van der Waals surface area contributed by atoms with E-state index in [4.69, 9.17) is 38.4 Å². The number of hydrogen-bond donors (Lipinski definition) is 3. The minimum atomic E-state index is -0.842. The van der Waals surface area contributed by atoms with Gasteiger partial charge in [-0.3, -0.25) is 10.2 Å². The Morgan fingerprint density at radius 3 is 2.71 bits per heavy atom. The molecule has 0 bridgehead atoms. The summed E-state index contributed by atoms with van der Waals surface area (Å²) in [6, 6.07) is 5.27. The SMILES string of the molecule is Nc1ncc(C(=O)Nc2c(Cl)cccc2Cl)c(C2(OC3CC3)CNN(C3COC3)C2)n1. The van der Waals surface area contributed by atoms with E-state index in [1.807, 2.05) is 0 Å². The third-order valence-electron chi connectivity index (χ3n) is 5.66. The zero-order chi connectivity index (χ0) is 21.6. The van der Waals surface area contributed by atoms with Crippen LogP contribution in [0.25, 0.3) is 0 Å². The molecule has 1 aliphatic carbocycles. The molecule has 1 saturated carbocycles. The van der Waals surface area contributed by atoms with Crippen molar-refractivity contribution in [3.05, 3.63) is 45.7 Å². The van der Waals surface area contributed by atoms with Gasteiger partial charge in [-0.1, -0.05) is 29.3 Å². The van der Waals surface area contributed by atoms with Crippen LogP contribution in [0.4, 0.5) is 11.6 Å². The molecule has 4 N–H and O–H groups in total. The quantitative estimate of drug-likeness (QED) is 0.595. The summed E-state index contributed by atoms with van der Waals surface area (Å²) in [7, 11) is 0. The van der Waals surface area contributed by atoms with Crippen molar-refractivity contribution >= 4 is 40.7 Å². The summed E-state index contributed by atoms with van der Waals surface area (Å²) in [6.45, 7) is 2.28. The lowest BCUT2D eigenvalue weighted by molar-refractivity contribution is -0.0911. The molecule has 1 aromatic heterocycles.